The Hall–Kier alpha value is -3.60. The van der Waals surface area contributed by atoms with Gasteiger partial charge in [0.05, 0.1) is 6.42 Å². The molecule has 0 aliphatic carbocycles. The number of aromatic nitrogens is 4. The van der Waals surface area contributed by atoms with Gasteiger partial charge in [0, 0.05) is 60.0 Å². The zero-order valence-electron chi connectivity index (χ0n) is 19.4. The number of benzene rings is 1. The molecule has 37 heavy (non-hydrogen) atoms. The molecule has 0 aliphatic rings. The lowest BCUT2D eigenvalue weighted by Crippen LogP contribution is -2.15. The van der Waals surface area contributed by atoms with Crippen molar-refractivity contribution in [1.29, 1.82) is 0 Å². The van der Waals surface area contributed by atoms with E-state index < -0.39 is 11.9 Å². The summed E-state index contributed by atoms with van der Waals surface area (Å²) in [4.78, 5) is 32.2. The lowest BCUT2D eigenvalue weighted by atomic mass is 9.93. The minimum Gasteiger partial charge on any atom is -0.326 e. The van der Waals surface area contributed by atoms with Crippen molar-refractivity contribution in [3.63, 3.8) is 0 Å². The Morgan fingerprint density at radius 2 is 1.57 bits per heavy atom. The smallest absolute Gasteiger partial charge is 0.326 e. The molecule has 0 unspecified atom stereocenters. The van der Waals surface area contributed by atoms with E-state index in [0.29, 0.717) is 17.2 Å². The third-order valence-corrected chi connectivity index (χ3v) is 4.30. The first kappa shape index (κ1) is 28.0. The Morgan fingerprint density at radius 1 is 0.946 bits per heavy atom. The van der Waals surface area contributed by atoms with Crippen LogP contribution in [0.15, 0.2) is 30.3 Å². The van der Waals surface area contributed by atoms with Crippen LogP contribution < -0.4 is 5.32 Å². The molecule has 3 N–H and O–H groups in total. The summed E-state index contributed by atoms with van der Waals surface area (Å²) in [6, 6.07) is 8.79. The maximum atomic E-state index is 12.1. The number of carbonyl (C=O) groups excluding carboxylic acids is 2. The number of H-pyrrole nitrogens is 1. The number of amides is 1. The maximum Gasteiger partial charge on any atom is 0.346 e. The van der Waals surface area contributed by atoms with Gasteiger partial charge in [0.1, 0.15) is 0 Å². The highest BCUT2D eigenvalue weighted by Crippen LogP contribution is 2.24. The summed E-state index contributed by atoms with van der Waals surface area (Å²) < 4.78 is 1.61. The fraction of sp³-hybridized carbons (Fsp3) is 0.333. The standard InChI is InChI=1S/C18H21N5O14/c1-18(2,3)13-10-14-20-17(22-23(14)21-13)11-4-6-12(7-5-11)19-15(24)8-9-16(25)27-29-31-33-35-37-36-34-32-30-28-26/h4-7,10,21,26H,8-9H2,1-3H3,(H,19,24). The molecule has 3 rings (SSSR count). The van der Waals surface area contributed by atoms with Crippen LogP contribution in [0.1, 0.15) is 39.3 Å². The van der Waals surface area contributed by atoms with Gasteiger partial charge in [-0.3, -0.25) is 14.8 Å². The molecule has 0 atom stereocenters. The van der Waals surface area contributed by atoms with Crippen molar-refractivity contribution in [3.8, 4) is 11.4 Å². The van der Waals surface area contributed by atoms with E-state index in [4.69, 9.17) is 5.26 Å². The number of fused-ring (bicyclic) bond motifs is 1. The van der Waals surface area contributed by atoms with Crippen molar-refractivity contribution in [1.82, 2.24) is 19.8 Å². The van der Waals surface area contributed by atoms with Crippen molar-refractivity contribution in [2.45, 2.75) is 39.0 Å². The van der Waals surface area contributed by atoms with E-state index >= 15 is 0 Å². The highest BCUT2D eigenvalue weighted by Gasteiger charge is 2.18. The third kappa shape index (κ3) is 9.09. The molecule has 19 nitrogen and oxygen atoms in total. The molecule has 0 saturated heterocycles. The molecule has 1 amide bonds. The Morgan fingerprint density at radius 3 is 2.16 bits per heavy atom. The second kappa shape index (κ2) is 13.6. The molecule has 1 aromatic carbocycles. The van der Waals surface area contributed by atoms with Gasteiger partial charge in [-0.2, -0.15) is 4.63 Å². The Balaban J connectivity index is 1.32. The predicted octanol–water partition coefficient (Wildman–Crippen LogP) is 2.07. The first-order valence-electron chi connectivity index (χ1n) is 10.1. The van der Waals surface area contributed by atoms with Crippen LogP contribution in [0.25, 0.3) is 17.0 Å². The van der Waals surface area contributed by atoms with E-state index in [-0.39, 0.29) is 18.3 Å². The lowest BCUT2D eigenvalue weighted by Gasteiger charge is -2.14. The average Bonchev–Trinajstić information content (AvgIpc) is 3.44. The first-order valence-corrected chi connectivity index (χ1v) is 10.1. The third-order valence-electron chi connectivity index (χ3n) is 4.30. The Labute approximate surface area is 205 Å². The number of hydrogen-bond acceptors (Lipinski definition) is 16. The molecule has 2 heterocycles. The van der Waals surface area contributed by atoms with Crippen LogP contribution in [0.5, 0.6) is 0 Å². The zero-order chi connectivity index (χ0) is 26.7. The number of aromatic amines is 1. The summed E-state index contributed by atoms with van der Waals surface area (Å²) >= 11 is 0. The summed E-state index contributed by atoms with van der Waals surface area (Å²) in [7, 11) is 0. The quantitative estimate of drug-likeness (QED) is 0.145. The highest BCUT2D eigenvalue weighted by atomic mass is 18.0. The number of carbonyl (C=O) groups is 2. The number of anilines is 1. The summed E-state index contributed by atoms with van der Waals surface area (Å²) in [5, 5.41) is 53.1. The summed E-state index contributed by atoms with van der Waals surface area (Å²) in [6.07, 6.45) is -0.578. The second-order valence-electron chi connectivity index (χ2n) is 7.89. The zero-order valence-corrected chi connectivity index (χ0v) is 19.4. The number of nitrogens with zero attached hydrogens (tertiary/aromatic N) is 3. The van der Waals surface area contributed by atoms with Gasteiger partial charge < -0.3 is 5.32 Å². The largest absolute Gasteiger partial charge is 0.346 e. The van der Waals surface area contributed by atoms with Gasteiger partial charge >= 0.3 is 5.97 Å². The molecule has 0 radical (unpaired) electrons. The lowest BCUT2D eigenvalue weighted by molar-refractivity contribution is -0.861. The van der Waals surface area contributed by atoms with E-state index in [1.165, 1.54) is 0 Å². The minimum atomic E-state index is -0.972. The molecule has 0 fully saturated rings. The highest BCUT2D eigenvalue weighted by molar-refractivity contribution is 5.92. The normalized spacial score (nSPS) is 11.7. The Bertz CT molecular complexity index is 1110. The molecular formula is C18H21N5O14. The number of hydrogen-bond donors (Lipinski definition) is 3. The van der Waals surface area contributed by atoms with Gasteiger partial charge in [-0.25, -0.2) is 15.0 Å². The number of nitrogens with one attached hydrogen (secondary N) is 2. The van der Waals surface area contributed by atoms with Crippen molar-refractivity contribution >= 4 is 23.2 Å². The molecule has 0 aliphatic heterocycles. The van der Waals surface area contributed by atoms with Gasteiger partial charge in [0.15, 0.2) is 11.5 Å². The summed E-state index contributed by atoms with van der Waals surface area (Å²) in [6.45, 7) is 6.26. The molecule has 0 bridgehead atoms. The predicted molar refractivity (Wildman–Crippen MR) is 109 cm³/mol. The van der Waals surface area contributed by atoms with Gasteiger partial charge in [-0.15, -0.1) is 5.10 Å². The molecule has 2 aromatic heterocycles. The molecular weight excluding hydrogens is 510 g/mol. The van der Waals surface area contributed by atoms with Crippen LogP contribution in [-0.2, 0) is 70.3 Å². The second-order valence-corrected chi connectivity index (χ2v) is 7.89. The van der Waals surface area contributed by atoms with Crippen molar-refractivity contribution in [2.75, 3.05) is 5.32 Å². The maximum absolute atomic E-state index is 12.1. The van der Waals surface area contributed by atoms with Crippen molar-refractivity contribution in [2.24, 2.45) is 0 Å². The SMILES string of the molecule is CC(C)(C)c1cc2nc(-c3ccc(NC(=O)CCC(=O)OOOOOOOOOOOO)cc3)nn2[nH]1. The molecule has 0 spiro atoms. The number of rotatable bonds is 15. The first-order chi connectivity index (χ1) is 17.8. The van der Waals surface area contributed by atoms with Crippen LogP contribution in [0, 0.1) is 0 Å². The van der Waals surface area contributed by atoms with Crippen LogP contribution >= 0.6 is 0 Å². The van der Waals surface area contributed by atoms with Crippen molar-refractivity contribution < 1.29 is 70.1 Å². The van der Waals surface area contributed by atoms with E-state index in [1.807, 2.05) is 6.07 Å². The fourth-order valence-electron chi connectivity index (χ4n) is 2.61. The van der Waals surface area contributed by atoms with Gasteiger partial charge in [-0.1, -0.05) is 20.8 Å². The van der Waals surface area contributed by atoms with Gasteiger partial charge in [0.2, 0.25) is 5.91 Å². The van der Waals surface area contributed by atoms with E-state index in [1.54, 1.807) is 28.9 Å². The van der Waals surface area contributed by atoms with Crippen LogP contribution in [0.4, 0.5) is 5.69 Å². The summed E-state index contributed by atoms with van der Waals surface area (Å²) in [5.41, 5.74) is 2.90. The molecule has 19 heteroatoms. The molecule has 202 valence electrons. The van der Waals surface area contributed by atoms with E-state index in [9.17, 15) is 9.59 Å². The molecule has 3 aromatic rings. The minimum absolute atomic E-state index is 0.0591. The van der Waals surface area contributed by atoms with Crippen LogP contribution in [-0.4, -0.2) is 36.9 Å². The van der Waals surface area contributed by atoms with Crippen LogP contribution in [0.3, 0.4) is 0 Å². The Kier molecular flexibility index (Phi) is 10.3. The summed E-state index contributed by atoms with van der Waals surface area (Å²) in [5.74, 6) is -0.912. The molecule has 0 saturated carbocycles. The van der Waals surface area contributed by atoms with Gasteiger partial charge in [-0.05, 0) is 49.5 Å². The fourth-order valence-corrected chi connectivity index (χ4v) is 2.61. The average molecular weight is 531 g/mol. The van der Waals surface area contributed by atoms with Crippen LogP contribution in [0.2, 0.25) is 0 Å². The van der Waals surface area contributed by atoms with Gasteiger partial charge in [0.25, 0.3) is 0 Å². The van der Waals surface area contributed by atoms with Crippen molar-refractivity contribution in [3.05, 3.63) is 36.0 Å². The van der Waals surface area contributed by atoms with E-state index in [0.717, 1.165) is 11.3 Å². The monoisotopic (exact) mass is 531 g/mol. The topological polar surface area (TPSA) is 214 Å². The van der Waals surface area contributed by atoms with E-state index in [2.05, 4.69) is 96.5 Å².